The van der Waals surface area contributed by atoms with E-state index in [-0.39, 0.29) is 6.04 Å². The Morgan fingerprint density at radius 1 is 1.44 bits per heavy atom. The number of likely N-dealkylation sites (N-methyl/N-ethyl adjacent to an activating group) is 1. The minimum absolute atomic E-state index is 0.138. The molecule has 0 fully saturated rings. The molecule has 2 aromatic rings. The van der Waals surface area contributed by atoms with Crippen LogP contribution in [0, 0.1) is 6.92 Å². The third-order valence-corrected chi connectivity index (χ3v) is 3.54. The van der Waals surface area contributed by atoms with Crippen LogP contribution >= 0.6 is 11.6 Å². The quantitative estimate of drug-likeness (QED) is 0.921. The second kappa shape index (κ2) is 5.50. The lowest BCUT2D eigenvalue weighted by Crippen LogP contribution is -2.21. The molecule has 2 rings (SSSR count). The first-order chi connectivity index (χ1) is 8.63. The van der Waals surface area contributed by atoms with Gasteiger partial charge in [-0.05, 0) is 26.1 Å². The Morgan fingerprint density at radius 2 is 2.22 bits per heavy atom. The largest absolute Gasteiger partial charge is 0.311 e. The van der Waals surface area contributed by atoms with Crippen LogP contribution in [0.1, 0.15) is 23.1 Å². The minimum atomic E-state index is 0.138. The van der Waals surface area contributed by atoms with Crippen molar-refractivity contribution in [2.75, 3.05) is 7.05 Å². The van der Waals surface area contributed by atoms with E-state index in [4.69, 9.17) is 11.6 Å². The summed E-state index contributed by atoms with van der Waals surface area (Å²) >= 11 is 6.27. The predicted molar refractivity (Wildman–Crippen MR) is 72.7 cm³/mol. The van der Waals surface area contributed by atoms with Gasteiger partial charge in [-0.3, -0.25) is 9.67 Å². The lowest BCUT2D eigenvalue weighted by atomic mass is 10.1. The highest BCUT2D eigenvalue weighted by molar-refractivity contribution is 6.31. The molecule has 0 aliphatic heterocycles. The van der Waals surface area contributed by atoms with Crippen molar-refractivity contribution in [1.82, 2.24) is 20.1 Å². The van der Waals surface area contributed by atoms with E-state index in [1.54, 1.807) is 6.20 Å². The Hall–Kier alpha value is -1.39. The summed E-state index contributed by atoms with van der Waals surface area (Å²) in [4.78, 5) is 4.38. The number of halogens is 1. The highest BCUT2D eigenvalue weighted by Crippen LogP contribution is 2.24. The monoisotopic (exact) mass is 264 g/mol. The molecule has 0 saturated carbocycles. The fourth-order valence-corrected chi connectivity index (χ4v) is 2.27. The molecule has 1 N–H and O–H groups in total. The van der Waals surface area contributed by atoms with Gasteiger partial charge in [-0.25, -0.2) is 0 Å². The summed E-state index contributed by atoms with van der Waals surface area (Å²) in [5, 5.41) is 8.34. The maximum absolute atomic E-state index is 6.27. The van der Waals surface area contributed by atoms with E-state index in [2.05, 4.69) is 15.4 Å². The Bertz CT molecular complexity index is 521. The van der Waals surface area contributed by atoms with Gasteiger partial charge < -0.3 is 5.32 Å². The van der Waals surface area contributed by atoms with Crippen LogP contribution in [0.15, 0.2) is 24.4 Å². The predicted octanol–water partition coefficient (Wildman–Crippen LogP) is 2.28. The number of nitrogens with zero attached hydrogens (tertiary/aromatic N) is 3. The average molecular weight is 265 g/mol. The molecule has 0 aliphatic carbocycles. The molecule has 96 valence electrons. The van der Waals surface area contributed by atoms with Crippen molar-refractivity contribution in [3.8, 4) is 0 Å². The summed E-state index contributed by atoms with van der Waals surface area (Å²) in [7, 11) is 3.84. The van der Waals surface area contributed by atoms with E-state index < -0.39 is 0 Å². The molecule has 0 spiro atoms. The molecular formula is C13H17ClN4. The van der Waals surface area contributed by atoms with Crippen molar-refractivity contribution in [3.05, 3.63) is 46.5 Å². The van der Waals surface area contributed by atoms with E-state index in [0.717, 1.165) is 28.5 Å². The summed E-state index contributed by atoms with van der Waals surface area (Å²) in [6, 6.07) is 6.05. The molecule has 0 amide bonds. The average Bonchev–Trinajstić information content (AvgIpc) is 2.62. The summed E-state index contributed by atoms with van der Waals surface area (Å²) in [6.07, 6.45) is 2.57. The zero-order valence-corrected chi connectivity index (χ0v) is 11.6. The van der Waals surface area contributed by atoms with Crippen LogP contribution in [-0.2, 0) is 13.5 Å². The molecular weight excluding hydrogens is 248 g/mol. The van der Waals surface area contributed by atoms with Gasteiger partial charge in [-0.1, -0.05) is 17.7 Å². The van der Waals surface area contributed by atoms with Crippen molar-refractivity contribution < 1.29 is 0 Å². The second-order valence-corrected chi connectivity index (χ2v) is 4.65. The summed E-state index contributed by atoms with van der Waals surface area (Å²) < 4.78 is 1.84. The minimum Gasteiger partial charge on any atom is -0.311 e. The number of aromatic nitrogens is 3. The lowest BCUT2D eigenvalue weighted by Gasteiger charge is -2.15. The highest BCUT2D eigenvalue weighted by Gasteiger charge is 2.17. The van der Waals surface area contributed by atoms with Crippen molar-refractivity contribution in [1.29, 1.82) is 0 Å². The van der Waals surface area contributed by atoms with Gasteiger partial charge in [-0.2, -0.15) is 5.10 Å². The Balaban J connectivity index is 2.26. The van der Waals surface area contributed by atoms with Gasteiger partial charge in [0.15, 0.2) is 0 Å². The van der Waals surface area contributed by atoms with Gasteiger partial charge in [-0.15, -0.1) is 0 Å². The molecule has 4 nitrogen and oxygen atoms in total. The number of hydrogen-bond donors (Lipinski definition) is 1. The fraction of sp³-hybridized carbons (Fsp3) is 0.385. The van der Waals surface area contributed by atoms with E-state index in [1.807, 2.05) is 43.9 Å². The Kier molecular flexibility index (Phi) is 3.99. The molecule has 0 aliphatic rings. The van der Waals surface area contributed by atoms with Gasteiger partial charge in [0.05, 0.1) is 28.1 Å². The lowest BCUT2D eigenvalue weighted by molar-refractivity contribution is 0.549. The third-order valence-electron chi connectivity index (χ3n) is 3.05. The molecule has 0 saturated heterocycles. The molecule has 5 heteroatoms. The van der Waals surface area contributed by atoms with Crippen LogP contribution in [0.25, 0.3) is 0 Å². The van der Waals surface area contributed by atoms with Crippen molar-refractivity contribution in [2.45, 2.75) is 19.4 Å². The van der Waals surface area contributed by atoms with Gasteiger partial charge in [0.1, 0.15) is 0 Å². The first-order valence-corrected chi connectivity index (χ1v) is 6.27. The van der Waals surface area contributed by atoms with Crippen molar-refractivity contribution >= 4 is 11.6 Å². The van der Waals surface area contributed by atoms with E-state index >= 15 is 0 Å². The van der Waals surface area contributed by atoms with Crippen LogP contribution in [0.2, 0.25) is 5.02 Å². The molecule has 0 radical (unpaired) electrons. The molecule has 2 aromatic heterocycles. The summed E-state index contributed by atoms with van der Waals surface area (Å²) in [6.45, 7) is 1.92. The van der Waals surface area contributed by atoms with E-state index in [9.17, 15) is 0 Å². The summed E-state index contributed by atoms with van der Waals surface area (Å²) in [5.41, 5.74) is 2.90. The number of nitrogens with one attached hydrogen (secondary N) is 1. The smallest absolute Gasteiger partial charge is 0.0847 e. The van der Waals surface area contributed by atoms with Crippen molar-refractivity contribution in [2.24, 2.45) is 7.05 Å². The topological polar surface area (TPSA) is 42.7 Å². The number of rotatable bonds is 4. The van der Waals surface area contributed by atoms with Crippen LogP contribution in [0.5, 0.6) is 0 Å². The zero-order chi connectivity index (χ0) is 13.1. The Labute approximate surface area is 112 Å². The molecule has 0 bridgehead atoms. The van der Waals surface area contributed by atoms with Crippen LogP contribution < -0.4 is 5.32 Å². The Morgan fingerprint density at radius 3 is 2.72 bits per heavy atom. The maximum atomic E-state index is 6.27. The first-order valence-electron chi connectivity index (χ1n) is 5.89. The number of hydrogen-bond acceptors (Lipinski definition) is 3. The zero-order valence-electron chi connectivity index (χ0n) is 10.8. The van der Waals surface area contributed by atoms with Gasteiger partial charge in [0.2, 0.25) is 0 Å². The molecule has 18 heavy (non-hydrogen) atoms. The molecule has 0 aromatic carbocycles. The van der Waals surface area contributed by atoms with Gasteiger partial charge in [0.25, 0.3) is 0 Å². The van der Waals surface area contributed by atoms with Crippen LogP contribution in [0.3, 0.4) is 0 Å². The number of aryl methyl sites for hydroxylation is 2. The molecule has 1 atom stereocenters. The number of pyridine rings is 1. The standard InChI is InChI=1S/C13H17ClN4/c1-9-13(14)12(18(3)17-9)8-11(15-2)10-6-4-5-7-16-10/h4-7,11,15H,8H2,1-3H3. The normalized spacial score (nSPS) is 12.7. The first kappa shape index (κ1) is 13.1. The van der Waals surface area contributed by atoms with E-state index in [1.165, 1.54) is 0 Å². The van der Waals surface area contributed by atoms with Crippen LogP contribution in [-0.4, -0.2) is 21.8 Å². The van der Waals surface area contributed by atoms with Gasteiger partial charge >= 0.3 is 0 Å². The van der Waals surface area contributed by atoms with Gasteiger partial charge in [0, 0.05) is 19.7 Å². The third kappa shape index (κ3) is 2.54. The molecule has 2 heterocycles. The molecule has 1 unspecified atom stereocenters. The highest BCUT2D eigenvalue weighted by atomic mass is 35.5. The summed E-state index contributed by atoms with van der Waals surface area (Å²) in [5.74, 6) is 0. The maximum Gasteiger partial charge on any atom is 0.0847 e. The van der Waals surface area contributed by atoms with Crippen LogP contribution in [0.4, 0.5) is 0 Å². The fourth-order valence-electron chi connectivity index (χ4n) is 2.03. The SMILES string of the molecule is CNC(Cc1c(Cl)c(C)nn1C)c1ccccn1. The van der Waals surface area contributed by atoms with Crippen molar-refractivity contribution in [3.63, 3.8) is 0 Å². The second-order valence-electron chi connectivity index (χ2n) is 4.27. The van der Waals surface area contributed by atoms with E-state index in [0.29, 0.717) is 0 Å².